The van der Waals surface area contributed by atoms with E-state index in [1.54, 1.807) is 6.20 Å². The number of nitrogens with zero attached hydrogens (tertiary/aromatic N) is 1. The van der Waals surface area contributed by atoms with Crippen LogP contribution >= 0.6 is 11.8 Å². The van der Waals surface area contributed by atoms with Gasteiger partial charge in [0.2, 0.25) is 0 Å². The summed E-state index contributed by atoms with van der Waals surface area (Å²) in [6.45, 7) is 3.81. The lowest BCUT2D eigenvalue weighted by Gasteiger charge is -1.94. The van der Waals surface area contributed by atoms with E-state index < -0.39 is 0 Å². The Hall–Kier alpha value is -0.475. The summed E-state index contributed by atoms with van der Waals surface area (Å²) in [4.78, 5) is 4.10. The second-order valence-corrected chi connectivity index (χ2v) is 2.49. The average Bonchev–Trinajstić information content (AvgIpc) is 1.95. The van der Waals surface area contributed by atoms with Crippen LogP contribution in [-0.4, -0.2) is 11.5 Å². The van der Waals surface area contributed by atoms with Crippen LogP contribution in [-0.2, 0) is 0 Å². The number of aryl methyl sites for hydroxylation is 1. The highest BCUT2D eigenvalue weighted by Gasteiger charge is 1.92. The first kappa shape index (κ1) is 7.63. The third-order valence-electron chi connectivity index (χ3n) is 1.14. The Morgan fingerprint density at radius 2 is 2.40 bits per heavy atom. The van der Waals surface area contributed by atoms with Crippen molar-refractivity contribution in [1.82, 2.24) is 4.98 Å². The second kappa shape index (κ2) is 3.63. The molecule has 0 atom stereocenters. The number of hydrogen-bond acceptors (Lipinski definition) is 3. The van der Waals surface area contributed by atoms with E-state index in [4.69, 9.17) is 5.14 Å². The lowest BCUT2D eigenvalue weighted by molar-refractivity contribution is 1.21. The number of rotatable bonds is 2. The van der Waals surface area contributed by atoms with E-state index >= 15 is 0 Å². The molecule has 0 unspecified atom stereocenters. The smallest absolute Gasteiger partial charge is 0.252 e. The van der Waals surface area contributed by atoms with Crippen LogP contribution in [0, 0.1) is 6.92 Å². The number of nitrogens with two attached hydrogens (primary N) is 1. The highest BCUT2D eigenvalue weighted by Crippen LogP contribution is 1.88. The molecule has 0 fully saturated rings. The number of hydrogen-bond donors (Lipinski definition) is 1. The first-order valence-corrected chi connectivity index (χ1v) is 3.88. The lowest BCUT2D eigenvalue weighted by Crippen LogP contribution is -2.13. The zero-order valence-corrected chi connectivity index (χ0v) is 6.56. The quantitative estimate of drug-likeness (QED) is 0.486. The molecule has 0 amide bonds. The van der Waals surface area contributed by atoms with Gasteiger partial charge in [0.05, 0.1) is 0 Å². The average molecular weight is 151 g/mol. The SMILES string of the molecule is Cc1ccc([B]SN)cn1. The molecule has 2 nitrogen and oxygen atoms in total. The zero-order valence-electron chi connectivity index (χ0n) is 5.74. The van der Waals surface area contributed by atoms with Crippen molar-refractivity contribution in [1.29, 1.82) is 0 Å². The Morgan fingerprint density at radius 3 is 2.90 bits per heavy atom. The highest BCUT2D eigenvalue weighted by atomic mass is 32.2. The van der Waals surface area contributed by atoms with E-state index in [1.807, 2.05) is 25.6 Å². The summed E-state index contributed by atoms with van der Waals surface area (Å²) in [5.41, 5.74) is 2.08. The van der Waals surface area contributed by atoms with Crippen LogP contribution in [0.15, 0.2) is 18.3 Å². The minimum absolute atomic E-state index is 1.03. The van der Waals surface area contributed by atoms with Crippen LogP contribution in [0.5, 0.6) is 0 Å². The molecule has 51 valence electrons. The molecular weight excluding hydrogens is 143 g/mol. The molecular formula is C6H8BN2S. The topological polar surface area (TPSA) is 38.9 Å². The third kappa shape index (κ3) is 2.04. The van der Waals surface area contributed by atoms with Gasteiger partial charge in [0.15, 0.2) is 0 Å². The Bertz CT molecular complexity index is 199. The van der Waals surface area contributed by atoms with Crippen LogP contribution in [0.4, 0.5) is 0 Å². The highest BCUT2D eigenvalue weighted by molar-refractivity contribution is 8.21. The largest absolute Gasteiger partial charge is 0.288 e. The van der Waals surface area contributed by atoms with E-state index in [0.29, 0.717) is 0 Å². The van der Waals surface area contributed by atoms with Gasteiger partial charge >= 0.3 is 0 Å². The maximum absolute atomic E-state index is 5.23. The van der Waals surface area contributed by atoms with Crippen molar-refractivity contribution in [3.63, 3.8) is 0 Å². The second-order valence-electron chi connectivity index (χ2n) is 1.99. The first-order valence-electron chi connectivity index (χ1n) is 2.94. The van der Waals surface area contributed by atoms with Gasteiger partial charge in [-0.05, 0) is 13.0 Å². The van der Waals surface area contributed by atoms with E-state index in [9.17, 15) is 0 Å². The molecule has 1 rings (SSSR count). The molecule has 1 aromatic heterocycles. The van der Waals surface area contributed by atoms with Crippen molar-refractivity contribution < 1.29 is 0 Å². The molecule has 4 heteroatoms. The summed E-state index contributed by atoms with van der Waals surface area (Å²) < 4.78 is 0. The van der Waals surface area contributed by atoms with Gasteiger partial charge in [-0.1, -0.05) is 11.5 Å². The molecule has 0 aliphatic carbocycles. The molecule has 0 saturated carbocycles. The van der Waals surface area contributed by atoms with Gasteiger partial charge in [0.25, 0.3) is 6.56 Å². The van der Waals surface area contributed by atoms with Gasteiger partial charge in [0, 0.05) is 11.9 Å². The van der Waals surface area contributed by atoms with Crippen molar-refractivity contribution in [3.05, 3.63) is 24.0 Å². The molecule has 10 heavy (non-hydrogen) atoms. The number of aromatic nitrogens is 1. The fourth-order valence-electron chi connectivity index (χ4n) is 0.628. The maximum atomic E-state index is 5.23. The van der Waals surface area contributed by atoms with Crippen molar-refractivity contribution in [2.24, 2.45) is 5.14 Å². The molecule has 2 N–H and O–H groups in total. The predicted molar refractivity (Wildman–Crippen MR) is 46.1 cm³/mol. The fraction of sp³-hybridized carbons (Fsp3) is 0.167. The fourth-order valence-corrected chi connectivity index (χ4v) is 0.924. The van der Waals surface area contributed by atoms with Gasteiger partial charge in [-0.3, -0.25) is 10.1 Å². The van der Waals surface area contributed by atoms with Crippen LogP contribution in [0.3, 0.4) is 0 Å². The standard InChI is InChI=1S/C6H8BN2S/c1-5-2-3-6(4-9-5)7-10-8/h2-4H,8H2,1H3. The molecule has 0 aliphatic heterocycles. The van der Waals surface area contributed by atoms with Crippen LogP contribution in [0.1, 0.15) is 5.69 Å². The van der Waals surface area contributed by atoms with Crippen LogP contribution < -0.4 is 10.6 Å². The summed E-state index contributed by atoms with van der Waals surface area (Å²) >= 11 is 1.20. The Balaban J connectivity index is 2.69. The predicted octanol–water partition coefficient (Wildman–Crippen LogP) is 0.241. The van der Waals surface area contributed by atoms with Gasteiger partial charge in [-0.25, -0.2) is 0 Å². The molecule has 1 radical (unpaired) electrons. The van der Waals surface area contributed by atoms with Crippen molar-refractivity contribution >= 4 is 23.8 Å². The molecule has 1 heterocycles. The van der Waals surface area contributed by atoms with E-state index in [2.05, 4.69) is 4.98 Å². The molecule has 1 aromatic rings. The summed E-state index contributed by atoms with van der Waals surface area (Å²) in [5, 5.41) is 5.23. The van der Waals surface area contributed by atoms with Crippen molar-refractivity contribution in [2.75, 3.05) is 0 Å². The number of pyridine rings is 1. The van der Waals surface area contributed by atoms with Gasteiger partial charge in [-0.2, -0.15) is 0 Å². The summed E-state index contributed by atoms with van der Waals surface area (Å²) in [6, 6.07) is 3.95. The molecule has 0 aromatic carbocycles. The van der Waals surface area contributed by atoms with Crippen LogP contribution in [0.25, 0.3) is 0 Å². The van der Waals surface area contributed by atoms with Crippen molar-refractivity contribution in [3.8, 4) is 0 Å². The monoisotopic (exact) mass is 151 g/mol. The van der Waals surface area contributed by atoms with Crippen molar-refractivity contribution in [2.45, 2.75) is 6.92 Å². The Kier molecular flexibility index (Phi) is 2.77. The first-order chi connectivity index (χ1) is 4.83. The summed E-state index contributed by atoms with van der Waals surface area (Å²) in [6.07, 6.45) is 1.80. The Morgan fingerprint density at radius 1 is 1.60 bits per heavy atom. The molecule has 0 bridgehead atoms. The van der Waals surface area contributed by atoms with Gasteiger partial charge < -0.3 is 0 Å². The molecule has 0 saturated heterocycles. The van der Waals surface area contributed by atoms with E-state index in [-0.39, 0.29) is 0 Å². The van der Waals surface area contributed by atoms with E-state index in [1.165, 1.54) is 11.8 Å². The summed E-state index contributed by atoms with van der Waals surface area (Å²) in [7, 11) is 0. The minimum atomic E-state index is 1.03. The van der Waals surface area contributed by atoms with Crippen LogP contribution in [0.2, 0.25) is 0 Å². The normalized spacial score (nSPS) is 9.40. The zero-order chi connectivity index (χ0) is 7.40. The van der Waals surface area contributed by atoms with E-state index in [0.717, 1.165) is 11.2 Å². The van der Waals surface area contributed by atoms with Gasteiger partial charge in [-0.15, -0.1) is 11.8 Å². The summed E-state index contributed by atoms with van der Waals surface area (Å²) in [5.74, 6) is 0. The molecule has 0 spiro atoms. The third-order valence-corrected chi connectivity index (χ3v) is 1.55. The lowest BCUT2D eigenvalue weighted by atomic mass is 9.97. The van der Waals surface area contributed by atoms with Gasteiger partial charge in [0.1, 0.15) is 0 Å². The minimum Gasteiger partial charge on any atom is -0.288 e. The molecule has 0 aliphatic rings. The maximum Gasteiger partial charge on any atom is 0.252 e. The Labute approximate surface area is 65.5 Å².